The molecule has 0 aliphatic heterocycles. The van der Waals surface area contributed by atoms with Crippen molar-refractivity contribution in [3.05, 3.63) is 99.4 Å². The average molecular weight is 497 g/mol. The highest BCUT2D eigenvalue weighted by molar-refractivity contribution is 9.10. The molecule has 0 bridgehead atoms. The quantitative estimate of drug-likeness (QED) is 0.284. The molecule has 0 fully saturated rings. The number of para-hydroxylation sites is 2. The van der Waals surface area contributed by atoms with Gasteiger partial charge in [0.1, 0.15) is 5.58 Å². The van der Waals surface area contributed by atoms with E-state index < -0.39 is 0 Å². The molecule has 160 valence electrons. The molecule has 6 aromatic rings. The number of rotatable bonds is 3. The fourth-order valence-electron chi connectivity index (χ4n) is 4.11. The van der Waals surface area contributed by atoms with E-state index >= 15 is 0 Å². The summed E-state index contributed by atoms with van der Waals surface area (Å²) in [5.41, 5.74) is 3.04. The Labute approximate surface area is 196 Å². The number of halogens is 1. The molecule has 0 aliphatic carbocycles. The van der Waals surface area contributed by atoms with Crippen LogP contribution in [0.4, 0.5) is 0 Å². The van der Waals surface area contributed by atoms with Crippen LogP contribution in [0.1, 0.15) is 5.56 Å². The van der Waals surface area contributed by atoms with Crippen molar-refractivity contribution in [2.45, 2.75) is 0 Å². The molecule has 3 aromatic carbocycles. The Kier molecular flexibility index (Phi) is 4.52. The van der Waals surface area contributed by atoms with Gasteiger partial charge < -0.3 is 8.98 Å². The van der Waals surface area contributed by atoms with E-state index in [1.807, 2.05) is 84.5 Å². The van der Waals surface area contributed by atoms with E-state index in [0.717, 1.165) is 26.3 Å². The fraction of sp³-hybridized carbons (Fsp3) is 0.0385. The van der Waals surface area contributed by atoms with Gasteiger partial charge in [-0.2, -0.15) is 9.78 Å². The number of aromatic nitrogens is 3. The molecule has 0 saturated heterocycles. The first-order valence-electron chi connectivity index (χ1n) is 10.4. The van der Waals surface area contributed by atoms with Gasteiger partial charge in [0.25, 0.3) is 5.56 Å². The minimum absolute atomic E-state index is 0.256. The van der Waals surface area contributed by atoms with Crippen molar-refractivity contribution in [1.82, 2.24) is 14.2 Å². The van der Waals surface area contributed by atoms with Gasteiger partial charge in [-0.15, -0.1) is 0 Å². The second-order valence-electron chi connectivity index (χ2n) is 7.82. The van der Waals surface area contributed by atoms with E-state index in [9.17, 15) is 4.79 Å². The number of hydrogen-bond acceptors (Lipinski definition) is 4. The molecule has 0 spiro atoms. The Balaban J connectivity index is 1.59. The third-order valence-corrected chi connectivity index (χ3v) is 6.19. The van der Waals surface area contributed by atoms with E-state index in [0.29, 0.717) is 28.1 Å². The zero-order valence-electron chi connectivity index (χ0n) is 17.6. The molecule has 0 atom stereocenters. The summed E-state index contributed by atoms with van der Waals surface area (Å²) in [6.07, 6.45) is 3.69. The van der Waals surface area contributed by atoms with Gasteiger partial charge in [0.2, 0.25) is 5.82 Å². The molecule has 7 heteroatoms. The summed E-state index contributed by atoms with van der Waals surface area (Å²) in [5, 5.41) is 7.05. The third kappa shape index (κ3) is 3.29. The lowest BCUT2D eigenvalue weighted by Crippen LogP contribution is -2.20. The third-order valence-electron chi connectivity index (χ3n) is 5.69. The molecule has 0 amide bonds. The molecule has 6 rings (SSSR count). The van der Waals surface area contributed by atoms with Crippen molar-refractivity contribution in [2.24, 2.45) is 12.1 Å². The predicted octanol–water partition coefficient (Wildman–Crippen LogP) is 5.95. The number of benzene rings is 3. The normalized spacial score (nSPS) is 11.9. The van der Waals surface area contributed by atoms with Gasteiger partial charge in [0, 0.05) is 39.6 Å². The Hall–Kier alpha value is -3.97. The van der Waals surface area contributed by atoms with Gasteiger partial charge in [0.05, 0.1) is 17.1 Å². The van der Waals surface area contributed by atoms with Crippen molar-refractivity contribution in [3.8, 4) is 11.6 Å². The molecular weight excluding hydrogens is 480 g/mol. The van der Waals surface area contributed by atoms with Crippen molar-refractivity contribution in [3.63, 3.8) is 0 Å². The lowest BCUT2D eigenvalue weighted by atomic mass is 10.2. The molecule has 0 N–H and O–H groups in total. The van der Waals surface area contributed by atoms with E-state index in [2.05, 4.69) is 21.0 Å². The van der Waals surface area contributed by atoms with Crippen LogP contribution in [-0.2, 0) is 7.05 Å². The fourth-order valence-corrected chi connectivity index (χ4v) is 4.49. The van der Waals surface area contributed by atoms with Crippen molar-refractivity contribution < 1.29 is 4.42 Å². The highest BCUT2D eigenvalue weighted by Crippen LogP contribution is 2.29. The summed E-state index contributed by atoms with van der Waals surface area (Å²) in [6.45, 7) is 0. The van der Waals surface area contributed by atoms with E-state index in [1.165, 1.54) is 4.68 Å². The number of aryl methyl sites for hydroxylation is 1. The van der Waals surface area contributed by atoms with Crippen molar-refractivity contribution >= 4 is 54.9 Å². The van der Waals surface area contributed by atoms with Crippen LogP contribution in [0.15, 0.2) is 97.8 Å². The SMILES string of the molecule is Cn1cc(C=Nn2c(-c3cc4cc(Br)ccc4o3)nc3ccccc3c2=O)c2ccccc21. The largest absolute Gasteiger partial charge is 0.453 e. The van der Waals surface area contributed by atoms with Crippen molar-refractivity contribution in [2.75, 3.05) is 0 Å². The molecule has 3 aromatic heterocycles. The minimum atomic E-state index is -0.256. The van der Waals surface area contributed by atoms with Gasteiger partial charge in [0.15, 0.2) is 5.76 Å². The highest BCUT2D eigenvalue weighted by atomic mass is 79.9. The Morgan fingerprint density at radius 1 is 1.00 bits per heavy atom. The van der Waals surface area contributed by atoms with Crippen LogP contribution in [0, 0.1) is 0 Å². The van der Waals surface area contributed by atoms with E-state index in [-0.39, 0.29) is 5.56 Å². The Bertz CT molecular complexity index is 1770. The van der Waals surface area contributed by atoms with Crippen LogP contribution < -0.4 is 5.56 Å². The van der Waals surface area contributed by atoms with Gasteiger partial charge >= 0.3 is 0 Å². The van der Waals surface area contributed by atoms with Crippen LogP contribution in [0.3, 0.4) is 0 Å². The smallest absolute Gasteiger partial charge is 0.282 e. The molecule has 0 radical (unpaired) electrons. The summed E-state index contributed by atoms with van der Waals surface area (Å²) >= 11 is 3.49. The van der Waals surface area contributed by atoms with Gasteiger partial charge in [-0.1, -0.05) is 46.3 Å². The van der Waals surface area contributed by atoms with Crippen LogP contribution in [0.2, 0.25) is 0 Å². The summed E-state index contributed by atoms with van der Waals surface area (Å²) in [5.74, 6) is 0.823. The number of fused-ring (bicyclic) bond motifs is 3. The monoisotopic (exact) mass is 496 g/mol. The predicted molar refractivity (Wildman–Crippen MR) is 135 cm³/mol. The van der Waals surface area contributed by atoms with Gasteiger partial charge in [-0.05, 0) is 42.5 Å². The molecular formula is C26H17BrN4O2. The van der Waals surface area contributed by atoms with Gasteiger partial charge in [-0.25, -0.2) is 4.98 Å². The minimum Gasteiger partial charge on any atom is -0.453 e. The lowest BCUT2D eigenvalue weighted by molar-refractivity contribution is 0.616. The zero-order chi connectivity index (χ0) is 22.5. The maximum absolute atomic E-state index is 13.4. The first-order chi connectivity index (χ1) is 16.1. The highest BCUT2D eigenvalue weighted by Gasteiger charge is 2.17. The second-order valence-corrected chi connectivity index (χ2v) is 8.74. The summed E-state index contributed by atoms with van der Waals surface area (Å²) < 4.78 is 10.4. The Morgan fingerprint density at radius 3 is 2.67 bits per heavy atom. The number of nitrogens with zero attached hydrogens (tertiary/aromatic N) is 4. The van der Waals surface area contributed by atoms with Gasteiger partial charge in [-0.3, -0.25) is 4.79 Å². The summed E-state index contributed by atoms with van der Waals surface area (Å²) in [6, 6.07) is 23.0. The molecule has 0 unspecified atom stereocenters. The summed E-state index contributed by atoms with van der Waals surface area (Å²) in [7, 11) is 1.99. The topological polar surface area (TPSA) is 65.3 Å². The maximum Gasteiger partial charge on any atom is 0.282 e. The average Bonchev–Trinajstić information content (AvgIpc) is 3.39. The first kappa shape index (κ1) is 19.7. The molecule has 3 heterocycles. The maximum atomic E-state index is 13.4. The van der Waals surface area contributed by atoms with Crippen LogP contribution in [0.5, 0.6) is 0 Å². The molecule has 33 heavy (non-hydrogen) atoms. The van der Waals surface area contributed by atoms with Crippen LogP contribution in [-0.4, -0.2) is 20.4 Å². The van der Waals surface area contributed by atoms with Crippen LogP contribution >= 0.6 is 15.9 Å². The summed E-state index contributed by atoms with van der Waals surface area (Å²) in [4.78, 5) is 18.2. The molecule has 6 nitrogen and oxygen atoms in total. The standard InChI is InChI=1S/C26H17BrN4O2/c1-30-15-17(19-6-3-5-9-22(19)30)14-28-31-25(29-21-8-4-2-7-20(21)26(31)32)24-13-16-12-18(27)10-11-23(16)33-24/h2-15H,1H3. The zero-order valence-corrected chi connectivity index (χ0v) is 19.2. The van der Waals surface area contributed by atoms with E-state index in [4.69, 9.17) is 9.40 Å². The molecule has 0 aliphatic rings. The van der Waals surface area contributed by atoms with Crippen molar-refractivity contribution in [1.29, 1.82) is 0 Å². The first-order valence-corrected chi connectivity index (χ1v) is 11.2. The Morgan fingerprint density at radius 2 is 1.79 bits per heavy atom. The number of hydrogen-bond donors (Lipinski definition) is 0. The lowest BCUT2D eigenvalue weighted by Gasteiger charge is -2.07. The van der Waals surface area contributed by atoms with Crippen LogP contribution in [0.25, 0.3) is 44.4 Å². The molecule has 0 saturated carbocycles. The second kappa shape index (κ2) is 7.56. The van der Waals surface area contributed by atoms with E-state index in [1.54, 1.807) is 12.3 Å². The number of furan rings is 1.